The predicted molar refractivity (Wildman–Crippen MR) is 69.0 cm³/mol. The fourth-order valence-corrected chi connectivity index (χ4v) is 2.42. The van der Waals surface area contributed by atoms with E-state index in [0.717, 1.165) is 12.3 Å². The lowest BCUT2D eigenvalue weighted by Crippen LogP contribution is -2.15. The first-order valence-corrected chi connectivity index (χ1v) is 6.71. The lowest BCUT2D eigenvalue weighted by atomic mass is 10.2. The number of H-pyrrole nitrogens is 1. The van der Waals surface area contributed by atoms with E-state index >= 15 is 0 Å². The second-order valence-corrected chi connectivity index (χ2v) is 5.37. The molecule has 0 bridgehead atoms. The van der Waals surface area contributed by atoms with E-state index in [4.69, 9.17) is 5.26 Å². The number of aromatic nitrogens is 1. The summed E-state index contributed by atoms with van der Waals surface area (Å²) in [5, 5.41) is 8.64. The molecule has 0 amide bonds. The van der Waals surface area contributed by atoms with Gasteiger partial charge in [-0.1, -0.05) is 0 Å². The van der Waals surface area contributed by atoms with Gasteiger partial charge in [0, 0.05) is 18.0 Å². The standard InChI is InChI=1S/C12H9N3O3S/c13-7-9-1-3-10(4-2-9)15-19(17,18)11-5-6-12(16)14-8-11/h1-6,8,15H,(H,14,16). The average molecular weight is 275 g/mol. The zero-order chi connectivity index (χ0) is 13.9. The van der Waals surface area contributed by atoms with E-state index in [2.05, 4.69) is 9.71 Å². The molecule has 1 heterocycles. The Kier molecular flexibility index (Phi) is 3.35. The number of pyridine rings is 1. The molecule has 0 spiro atoms. The topological polar surface area (TPSA) is 103 Å². The maximum Gasteiger partial charge on any atom is 0.263 e. The molecule has 0 unspecified atom stereocenters. The second kappa shape index (κ2) is 4.96. The van der Waals surface area contributed by atoms with Gasteiger partial charge in [-0.2, -0.15) is 5.26 Å². The highest BCUT2D eigenvalue weighted by Crippen LogP contribution is 2.15. The zero-order valence-electron chi connectivity index (χ0n) is 9.62. The molecule has 7 heteroatoms. The van der Waals surface area contributed by atoms with Crippen LogP contribution in [0.3, 0.4) is 0 Å². The molecule has 0 saturated heterocycles. The summed E-state index contributed by atoms with van der Waals surface area (Å²) >= 11 is 0. The van der Waals surface area contributed by atoms with Crippen molar-refractivity contribution in [3.8, 4) is 6.07 Å². The summed E-state index contributed by atoms with van der Waals surface area (Å²) in [5.41, 5.74) is 0.398. The number of anilines is 1. The summed E-state index contributed by atoms with van der Waals surface area (Å²) in [6, 6.07) is 10.3. The van der Waals surface area contributed by atoms with Crippen molar-refractivity contribution in [1.29, 1.82) is 5.26 Å². The summed E-state index contributed by atoms with van der Waals surface area (Å²) < 4.78 is 26.3. The fourth-order valence-electron chi connectivity index (χ4n) is 1.39. The molecular weight excluding hydrogens is 266 g/mol. The van der Waals surface area contributed by atoms with Crippen molar-refractivity contribution in [3.63, 3.8) is 0 Å². The van der Waals surface area contributed by atoms with Crippen LogP contribution in [0.4, 0.5) is 5.69 Å². The number of hydrogen-bond donors (Lipinski definition) is 2. The molecule has 1 aromatic heterocycles. The van der Waals surface area contributed by atoms with Crippen LogP contribution in [0, 0.1) is 11.3 Å². The van der Waals surface area contributed by atoms with Crippen LogP contribution in [0.15, 0.2) is 52.3 Å². The molecule has 0 saturated carbocycles. The summed E-state index contributed by atoms with van der Waals surface area (Å²) in [5.74, 6) is 0. The van der Waals surface area contributed by atoms with Crippen LogP contribution in [-0.4, -0.2) is 13.4 Å². The molecule has 2 rings (SSSR count). The molecule has 0 aliphatic rings. The van der Waals surface area contributed by atoms with Gasteiger partial charge in [-0.15, -0.1) is 0 Å². The van der Waals surface area contributed by atoms with E-state index in [1.54, 1.807) is 0 Å². The number of hydrogen-bond acceptors (Lipinski definition) is 4. The first-order chi connectivity index (χ1) is 9.01. The highest BCUT2D eigenvalue weighted by Gasteiger charge is 2.13. The van der Waals surface area contributed by atoms with Gasteiger partial charge < -0.3 is 4.98 Å². The van der Waals surface area contributed by atoms with Crippen LogP contribution >= 0.6 is 0 Å². The number of rotatable bonds is 3. The van der Waals surface area contributed by atoms with E-state index in [0.29, 0.717) is 11.3 Å². The third-order valence-electron chi connectivity index (χ3n) is 2.33. The Morgan fingerprint density at radius 2 is 1.79 bits per heavy atom. The van der Waals surface area contributed by atoms with Crippen LogP contribution in [0.25, 0.3) is 0 Å². The van der Waals surface area contributed by atoms with Crippen LogP contribution in [-0.2, 0) is 10.0 Å². The van der Waals surface area contributed by atoms with Gasteiger partial charge in [-0.25, -0.2) is 8.42 Å². The maximum absolute atomic E-state index is 12.0. The lowest BCUT2D eigenvalue weighted by molar-refractivity contribution is 0.600. The number of benzene rings is 1. The molecule has 6 nitrogen and oxygen atoms in total. The summed E-state index contributed by atoms with van der Waals surface area (Å²) in [7, 11) is -3.75. The number of nitrogens with one attached hydrogen (secondary N) is 2. The number of nitrogens with zero attached hydrogens (tertiary/aromatic N) is 1. The molecule has 96 valence electrons. The molecule has 0 fully saturated rings. The molecule has 0 aliphatic carbocycles. The van der Waals surface area contributed by atoms with E-state index in [1.807, 2.05) is 6.07 Å². The molecule has 0 atom stereocenters. The first kappa shape index (κ1) is 12.9. The van der Waals surface area contributed by atoms with E-state index in [-0.39, 0.29) is 10.5 Å². The molecule has 1 aromatic carbocycles. The summed E-state index contributed by atoms with van der Waals surface area (Å²) in [6.45, 7) is 0. The van der Waals surface area contributed by atoms with Gasteiger partial charge in [0.15, 0.2) is 0 Å². The van der Waals surface area contributed by atoms with Crippen molar-refractivity contribution < 1.29 is 8.42 Å². The fraction of sp³-hybridized carbons (Fsp3) is 0. The summed E-state index contributed by atoms with van der Waals surface area (Å²) in [4.78, 5) is 13.1. The van der Waals surface area contributed by atoms with Crippen LogP contribution in [0.2, 0.25) is 0 Å². The minimum atomic E-state index is -3.75. The van der Waals surface area contributed by atoms with Crippen molar-refractivity contribution in [3.05, 3.63) is 58.5 Å². The third-order valence-corrected chi connectivity index (χ3v) is 3.71. The molecular formula is C12H9N3O3S. The molecule has 19 heavy (non-hydrogen) atoms. The first-order valence-electron chi connectivity index (χ1n) is 5.23. The number of sulfonamides is 1. The van der Waals surface area contributed by atoms with Crippen molar-refractivity contribution >= 4 is 15.7 Å². The average Bonchev–Trinajstić information content (AvgIpc) is 2.40. The number of nitriles is 1. The lowest BCUT2D eigenvalue weighted by Gasteiger charge is -2.07. The van der Waals surface area contributed by atoms with E-state index in [1.165, 1.54) is 30.3 Å². The van der Waals surface area contributed by atoms with Gasteiger partial charge in [0.05, 0.1) is 11.6 Å². The smallest absolute Gasteiger partial charge is 0.263 e. The number of aromatic amines is 1. The Bertz CT molecular complexity index is 766. The molecule has 2 aromatic rings. The summed E-state index contributed by atoms with van der Waals surface area (Å²) in [6.07, 6.45) is 1.12. The highest BCUT2D eigenvalue weighted by molar-refractivity contribution is 7.92. The van der Waals surface area contributed by atoms with Gasteiger partial charge in [-0.05, 0) is 30.3 Å². The van der Waals surface area contributed by atoms with Crippen LogP contribution < -0.4 is 10.3 Å². The maximum atomic E-state index is 12.0. The Morgan fingerprint density at radius 1 is 1.11 bits per heavy atom. The van der Waals surface area contributed by atoms with Crippen LogP contribution in [0.1, 0.15) is 5.56 Å². The second-order valence-electron chi connectivity index (χ2n) is 3.68. The monoisotopic (exact) mass is 275 g/mol. The van der Waals surface area contributed by atoms with Gasteiger partial charge in [0.1, 0.15) is 4.90 Å². The van der Waals surface area contributed by atoms with Gasteiger partial charge in [0.2, 0.25) is 5.56 Å². The minimum absolute atomic E-state index is 0.0449. The molecule has 0 aliphatic heterocycles. The van der Waals surface area contributed by atoms with Gasteiger partial charge in [0.25, 0.3) is 10.0 Å². The van der Waals surface area contributed by atoms with Gasteiger partial charge >= 0.3 is 0 Å². The van der Waals surface area contributed by atoms with E-state index in [9.17, 15) is 13.2 Å². The van der Waals surface area contributed by atoms with E-state index < -0.39 is 10.0 Å². The van der Waals surface area contributed by atoms with Crippen molar-refractivity contribution in [2.24, 2.45) is 0 Å². The largest absolute Gasteiger partial charge is 0.328 e. The minimum Gasteiger partial charge on any atom is -0.328 e. The Morgan fingerprint density at radius 3 is 2.32 bits per heavy atom. The highest BCUT2D eigenvalue weighted by atomic mass is 32.2. The van der Waals surface area contributed by atoms with Crippen LogP contribution in [0.5, 0.6) is 0 Å². The molecule has 2 N–H and O–H groups in total. The zero-order valence-corrected chi connectivity index (χ0v) is 10.4. The van der Waals surface area contributed by atoms with Crippen molar-refractivity contribution in [2.45, 2.75) is 4.90 Å². The quantitative estimate of drug-likeness (QED) is 0.873. The SMILES string of the molecule is N#Cc1ccc(NS(=O)(=O)c2ccc(=O)[nH]c2)cc1. The normalized spacial score (nSPS) is 10.7. The third kappa shape index (κ3) is 3.00. The Hall–Kier alpha value is -2.59. The Balaban J connectivity index is 2.28. The van der Waals surface area contributed by atoms with Crippen molar-refractivity contribution in [2.75, 3.05) is 4.72 Å². The van der Waals surface area contributed by atoms with Crippen molar-refractivity contribution in [1.82, 2.24) is 4.98 Å². The Labute approximate surface area is 109 Å². The molecule has 0 radical (unpaired) electrons. The predicted octanol–water partition coefficient (Wildman–Crippen LogP) is 1.05. The van der Waals surface area contributed by atoms with Gasteiger partial charge in [-0.3, -0.25) is 9.52 Å².